The fourth-order valence-corrected chi connectivity index (χ4v) is 3.90. The van der Waals surface area contributed by atoms with E-state index < -0.39 is 80.6 Å². The van der Waals surface area contributed by atoms with Crippen LogP contribution in [-0.2, 0) is 33.6 Å². The van der Waals surface area contributed by atoms with Gasteiger partial charge in [0.1, 0.15) is 11.8 Å². The summed E-state index contributed by atoms with van der Waals surface area (Å²) in [4.78, 5) is 83.6. The number of aliphatic carboxylic acids is 6. The Balaban J connectivity index is 3.61. The number of anilines is 1. The lowest BCUT2D eigenvalue weighted by Crippen LogP contribution is -2.46. The molecule has 232 valence electrons. The number of carboxylic acid groups (broad SMARTS) is 6. The molecule has 0 saturated carbocycles. The zero-order valence-electron chi connectivity index (χ0n) is 22.5. The predicted molar refractivity (Wildman–Crippen MR) is 139 cm³/mol. The molecule has 42 heavy (non-hydrogen) atoms. The second-order valence-corrected chi connectivity index (χ2v) is 8.89. The Hall–Kier alpha value is -4.81. The summed E-state index contributed by atoms with van der Waals surface area (Å²) in [5.41, 5.74) is -0.0378. The highest BCUT2D eigenvalue weighted by molar-refractivity contribution is 5.89. The second-order valence-electron chi connectivity index (χ2n) is 8.89. The van der Waals surface area contributed by atoms with Gasteiger partial charge in [-0.05, 0) is 18.2 Å². The van der Waals surface area contributed by atoms with Crippen molar-refractivity contribution >= 4 is 47.4 Å². The Morgan fingerprint density at radius 1 is 0.714 bits per heavy atom. The van der Waals surface area contributed by atoms with Crippen LogP contribution in [-0.4, -0.2) is 146 Å². The summed E-state index contributed by atoms with van der Waals surface area (Å²) in [6, 6.07) is 2.06. The van der Waals surface area contributed by atoms with Crippen molar-refractivity contribution < 1.29 is 68.9 Å². The predicted octanol–water partition coefficient (Wildman–Crippen LogP) is -1.52. The molecule has 0 aliphatic heterocycles. The fraction of sp³-hybridized carbons (Fsp3) is 0.458. The van der Waals surface area contributed by atoms with Gasteiger partial charge in [-0.3, -0.25) is 43.5 Å². The summed E-state index contributed by atoms with van der Waals surface area (Å²) in [7, 11) is 0. The molecular formula is C24H32N4O14. The van der Waals surface area contributed by atoms with Gasteiger partial charge in [-0.2, -0.15) is 0 Å². The number of carbonyl (C=O) groups is 7. The maximum Gasteiger partial charge on any atom is 0.341 e. The first-order valence-electron chi connectivity index (χ1n) is 12.1. The van der Waals surface area contributed by atoms with E-state index in [1.165, 1.54) is 30.0 Å². The van der Waals surface area contributed by atoms with E-state index in [1.54, 1.807) is 0 Å². The summed E-state index contributed by atoms with van der Waals surface area (Å²) >= 11 is 0. The van der Waals surface area contributed by atoms with Gasteiger partial charge in [0.25, 0.3) is 0 Å². The highest BCUT2D eigenvalue weighted by Gasteiger charge is 2.32. The second kappa shape index (κ2) is 17.1. The number of hydrogen-bond acceptors (Lipinski definition) is 11. The molecule has 0 aliphatic rings. The maximum absolute atomic E-state index is 12.7. The van der Waals surface area contributed by atoms with E-state index in [0.717, 1.165) is 9.80 Å². The van der Waals surface area contributed by atoms with Crippen LogP contribution in [0.1, 0.15) is 18.5 Å². The van der Waals surface area contributed by atoms with Gasteiger partial charge in [-0.25, -0.2) is 4.79 Å². The van der Waals surface area contributed by atoms with Crippen LogP contribution in [0.4, 0.5) is 5.69 Å². The van der Waals surface area contributed by atoms with Crippen LogP contribution in [0.25, 0.3) is 0 Å². The molecule has 0 saturated heterocycles. The quantitative estimate of drug-likeness (QED) is 0.0843. The summed E-state index contributed by atoms with van der Waals surface area (Å²) in [5.74, 6) is -9.08. The Morgan fingerprint density at radius 2 is 1.17 bits per heavy atom. The molecule has 1 aromatic carbocycles. The van der Waals surface area contributed by atoms with Crippen LogP contribution < -0.4 is 10.1 Å². The number of carbonyl (C=O) groups excluding carboxylic acids is 1. The normalized spacial score (nSPS) is 11.7. The monoisotopic (exact) mass is 600 g/mol. The molecule has 0 heterocycles. The van der Waals surface area contributed by atoms with Crippen molar-refractivity contribution in [3.05, 3.63) is 23.8 Å². The van der Waals surface area contributed by atoms with Crippen molar-refractivity contribution in [3.8, 4) is 5.75 Å². The van der Waals surface area contributed by atoms with Gasteiger partial charge in [0.2, 0.25) is 5.91 Å². The van der Waals surface area contributed by atoms with Gasteiger partial charge in [0.15, 0.2) is 6.61 Å². The largest absolute Gasteiger partial charge is 0.482 e. The van der Waals surface area contributed by atoms with Crippen molar-refractivity contribution in [3.63, 3.8) is 0 Å². The van der Waals surface area contributed by atoms with Gasteiger partial charge >= 0.3 is 35.8 Å². The first-order chi connectivity index (χ1) is 19.6. The fourth-order valence-electron chi connectivity index (χ4n) is 3.90. The maximum atomic E-state index is 12.7. The summed E-state index contributed by atoms with van der Waals surface area (Å²) in [5, 5.41) is 58.5. The summed E-state index contributed by atoms with van der Waals surface area (Å²) < 4.78 is 5.27. The molecule has 0 aliphatic carbocycles. The lowest BCUT2D eigenvalue weighted by atomic mass is 10.0. The molecule has 1 aromatic rings. The minimum Gasteiger partial charge on any atom is -0.482 e. The van der Waals surface area contributed by atoms with Gasteiger partial charge in [-0.1, -0.05) is 0 Å². The molecule has 0 bridgehead atoms. The third-order valence-electron chi connectivity index (χ3n) is 5.42. The molecule has 1 rings (SSSR count). The third-order valence-corrected chi connectivity index (χ3v) is 5.42. The molecule has 0 spiro atoms. The van der Waals surface area contributed by atoms with Gasteiger partial charge in [0, 0.05) is 44.4 Å². The molecule has 18 nitrogen and oxygen atoms in total. The molecule has 7 N–H and O–H groups in total. The first-order valence-corrected chi connectivity index (χ1v) is 12.1. The van der Waals surface area contributed by atoms with Crippen molar-refractivity contribution in [1.29, 1.82) is 0 Å². The van der Waals surface area contributed by atoms with E-state index in [-0.39, 0.29) is 43.2 Å². The SMILES string of the molecule is CC(=O)Nc1ccc(OCC(=O)O)c(C(C(=O)O)N(CCN(CC(=O)O)CC(=O)O)CCN(CC(=O)O)CC(=O)O)c1. The van der Waals surface area contributed by atoms with Crippen LogP contribution in [0.15, 0.2) is 18.2 Å². The van der Waals surface area contributed by atoms with E-state index in [9.17, 15) is 38.7 Å². The minimum atomic E-state index is -1.70. The standard InChI is InChI=1S/C24H32N4O14/c1-14(29)25-15-2-3-17(42-13-22(38)39)16(8-15)23(24(40)41)28(6-4-26(9-18(30)31)10-19(32)33)7-5-27(11-20(34)35)12-21(36)37/h2-3,8,23H,4-7,9-13H2,1H3,(H,25,29)(H,30,31)(H,32,33)(H,34,35)(H,36,37)(H,38,39)(H,40,41). The number of ether oxygens (including phenoxy) is 1. The van der Waals surface area contributed by atoms with Crippen molar-refractivity contribution in [2.45, 2.75) is 13.0 Å². The Bertz CT molecular complexity index is 1100. The average Bonchev–Trinajstić information content (AvgIpc) is 2.82. The van der Waals surface area contributed by atoms with Crippen LogP contribution >= 0.6 is 0 Å². The third kappa shape index (κ3) is 13.5. The summed E-state index contributed by atoms with van der Waals surface area (Å²) in [6.45, 7) is -3.81. The summed E-state index contributed by atoms with van der Waals surface area (Å²) in [6.07, 6.45) is 0. The van der Waals surface area contributed by atoms with Crippen molar-refractivity contribution in [2.24, 2.45) is 0 Å². The molecular weight excluding hydrogens is 568 g/mol. The molecule has 0 radical (unpaired) electrons. The lowest BCUT2D eigenvalue weighted by Gasteiger charge is -2.33. The smallest absolute Gasteiger partial charge is 0.341 e. The Morgan fingerprint density at radius 3 is 1.52 bits per heavy atom. The highest BCUT2D eigenvalue weighted by atomic mass is 16.5. The Labute approximate surface area is 238 Å². The molecule has 1 unspecified atom stereocenters. The topological polar surface area (TPSA) is 272 Å². The van der Waals surface area contributed by atoms with E-state index in [1.807, 2.05) is 0 Å². The van der Waals surface area contributed by atoms with Gasteiger partial charge in [0.05, 0.1) is 26.2 Å². The van der Waals surface area contributed by atoms with E-state index in [2.05, 4.69) is 5.32 Å². The zero-order chi connectivity index (χ0) is 32.0. The highest BCUT2D eigenvalue weighted by Crippen LogP contribution is 2.33. The van der Waals surface area contributed by atoms with E-state index in [0.29, 0.717) is 0 Å². The van der Waals surface area contributed by atoms with Crippen LogP contribution in [0.2, 0.25) is 0 Å². The lowest BCUT2D eigenvalue weighted by molar-refractivity contribution is -0.146. The zero-order valence-corrected chi connectivity index (χ0v) is 22.5. The molecule has 1 atom stereocenters. The average molecular weight is 601 g/mol. The molecule has 0 fully saturated rings. The number of hydrogen-bond donors (Lipinski definition) is 7. The van der Waals surface area contributed by atoms with Crippen molar-refractivity contribution in [1.82, 2.24) is 14.7 Å². The molecule has 0 aromatic heterocycles. The Kier molecular flexibility index (Phi) is 14.3. The number of carboxylic acids is 6. The van der Waals surface area contributed by atoms with Gasteiger partial charge in [-0.15, -0.1) is 0 Å². The number of amides is 1. The molecule has 1 amide bonds. The van der Waals surface area contributed by atoms with Gasteiger partial charge < -0.3 is 40.7 Å². The number of nitrogens with one attached hydrogen (secondary N) is 1. The minimum absolute atomic E-state index is 0.114. The van der Waals surface area contributed by atoms with E-state index in [4.69, 9.17) is 30.3 Å². The number of benzene rings is 1. The number of nitrogens with zero attached hydrogens (tertiary/aromatic N) is 3. The molecule has 18 heteroatoms. The van der Waals surface area contributed by atoms with E-state index >= 15 is 0 Å². The van der Waals surface area contributed by atoms with Crippen LogP contribution in [0, 0.1) is 0 Å². The van der Waals surface area contributed by atoms with Crippen LogP contribution in [0.5, 0.6) is 5.75 Å². The number of rotatable bonds is 21. The first kappa shape index (κ1) is 35.2. The van der Waals surface area contributed by atoms with Crippen LogP contribution in [0.3, 0.4) is 0 Å². The van der Waals surface area contributed by atoms with Crippen molar-refractivity contribution in [2.75, 3.05) is 64.3 Å².